The van der Waals surface area contributed by atoms with Crippen LogP contribution in [-0.2, 0) is 9.59 Å². The Labute approximate surface area is 132 Å². The number of likely N-dealkylation sites (tertiary alicyclic amines) is 1. The van der Waals surface area contributed by atoms with Crippen molar-refractivity contribution >= 4 is 17.8 Å². The fraction of sp³-hybridized carbons (Fsp3) is 0.429. The van der Waals surface area contributed by atoms with Crippen molar-refractivity contribution in [3.8, 4) is 5.95 Å². The van der Waals surface area contributed by atoms with Crippen LogP contribution in [0.1, 0.15) is 19.8 Å². The SMILES string of the molecule is CCC(=O)N1CCC(C(=O)Nc2ncnn2-c2ncccn2)C1. The molecular weight excluding hydrogens is 298 g/mol. The zero-order valence-electron chi connectivity index (χ0n) is 12.7. The molecule has 2 aromatic rings. The number of carbonyl (C=O) groups is 2. The third kappa shape index (κ3) is 3.17. The molecule has 3 rings (SSSR count). The number of amides is 2. The number of rotatable bonds is 4. The van der Waals surface area contributed by atoms with Crippen LogP contribution in [0.2, 0.25) is 0 Å². The second kappa shape index (κ2) is 6.51. The predicted octanol–water partition coefficient (Wildman–Crippen LogP) is 0.254. The van der Waals surface area contributed by atoms with Gasteiger partial charge in [-0.3, -0.25) is 14.9 Å². The summed E-state index contributed by atoms with van der Waals surface area (Å²) in [6.45, 7) is 2.87. The van der Waals surface area contributed by atoms with Crippen molar-refractivity contribution in [3.63, 3.8) is 0 Å². The van der Waals surface area contributed by atoms with Crippen molar-refractivity contribution < 1.29 is 9.59 Å². The monoisotopic (exact) mass is 315 g/mol. The number of nitrogens with one attached hydrogen (secondary N) is 1. The Kier molecular flexibility index (Phi) is 4.26. The Morgan fingerprint density at radius 3 is 2.83 bits per heavy atom. The first-order chi connectivity index (χ1) is 11.2. The number of carbonyl (C=O) groups excluding carboxylic acids is 2. The lowest BCUT2D eigenvalue weighted by atomic mass is 10.1. The second-order valence-electron chi connectivity index (χ2n) is 5.21. The van der Waals surface area contributed by atoms with E-state index in [0.29, 0.717) is 31.9 Å². The van der Waals surface area contributed by atoms with Crippen LogP contribution in [-0.4, -0.2) is 54.5 Å². The highest BCUT2D eigenvalue weighted by atomic mass is 16.2. The Bertz CT molecular complexity index is 700. The van der Waals surface area contributed by atoms with E-state index >= 15 is 0 Å². The molecule has 1 N–H and O–H groups in total. The molecule has 120 valence electrons. The van der Waals surface area contributed by atoms with Gasteiger partial charge in [-0.15, -0.1) is 0 Å². The van der Waals surface area contributed by atoms with Gasteiger partial charge in [-0.2, -0.15) is 14.8 Å². The molecule has 1 saturated heterocycles. The van der Waals surface area contributed by atoms with Crippen molar-refractivity contribution in [3.05, 3.63) is 24.8 Å². The van der Waals surface area contributed by atoms with Gasteiger partial charge >= 0.3 is 0 Å². The maximum atomic E-state index is 12.4. The van der Waals surface area contributed by atoms with Gasteiger partial charge < -0.3 is 4.90 Å². The number of hydrogen-bond donors (Lipinski definition) is 1. The minimum Gasteiger partial charge on any atom is -0.342 e. The smallest absolute Gasteiger partial charge is 0.253 e. The highest BCUT2D eigenvalue weighted by Gasteiger charge is 2.31. The van der Waals surface area contributed by atoms with Crippen molar-refractivity contribution in [2.75, 3.05) is 18.4 Å². The topological polar surface area (TPSA) is 106 Å². The van der Waals surface area contributed by atoms with Gasteiger partial charge in [0.05, 0.1) is 5.92 Å². The molecule has 2 aromatic heterocycles. The van der Waals surface area contributed by atoms with Crippen molar-refractivity contribution in [2.45, 2.75) is 19.8 Å². The van der Waals surface area contributed by atoms with Gasteiger partial charge in [-0.05, 0) is 12.5 Å². The molecule has 0 bridgehead atoms. The molecule has 3 heterocycles. The van der Waals surface area contributed by atoms with E-state index in [-0.39, 0.29) is 23.7 Å². The fourth-order valence-electron chi connectivity index (χ4n) is 2.51. The summed E-state index contributed by atoms with van der Waals surface area (Å²) < 4.78 is 1.36. The molecule has 0 radical (unpaired) electrons. The van der Waals surface area contributed by atoms with Crippen LogP contribution < -0.4 is 5.32 Å². The lowest BCUT2D eigenvalue weighted by Crippen LogP contribution is -2.31. The maximum absolute atomic E-state index is 12.4. The summed E-state index contributed by atoms with van der Waals surface area (Å²) in [5.41, 5.74) is 0. The van der Waals surface area contributed by atoms with Gasteiger partial charge in [0.15, 0.2) is 0 Å². The molecule has 9 nitrogen and oxygen atoms in total. The first-order valence-electron chi connectivity index (χ1n) is 7.45. The van der Waals surface area contributed by atoms with Crippen LogP contribution in [0.4, 0.5) is 5.95 Å². The first kappa shape index (κ1) is 15.1. The summed E-state index contributed by atoms with van der Waals surface area (Å²) in [6, 6.07) is 1.69. The molecule has 9 heteroatoms. The molecule has 1 fully saturated rings. The molecule has 0 saturated carbocycles. The van der Waals surface area contributed by atoms with E-state index in [0.717, 1.165) is 0 Å². The minimum atomic E-state index is -0.243. The summed E-state index contributed by atoms with van der Waals surface area (Å²) in [7, 11) is 0. The van der Waals surface area contributed by atoms with Crippen LogP contribution in [0.3, 0.4) is 0 Å². The highest BCUT2D eigenvalue weighted by Crippen LogP contribution is 2.19. The van der Waals surface area contributed by atoms with E-state index in [1.165, 1.54) is 11.0 Å². The summed E-state index contributed by atoms with van der Waals surface area (Å²) in [4.78, 5) is 38.0. The summed E-state index contributed by atoms with van der Waals surface area (Å²) in [6.07, 6.45) is 5.59. The van der Waals surface area contributed by atoms with E-state index in [4.69, 9.17) is 0 Å². The molecule has 1 atom stereocenters. The summed E-state index contributed by atoms with van der Waals surface area (Å²) in [5.74, 6) is 0.242. The lowest BCUT2D eigenvalue weighted by molar-refractivity contribution is -0.130. The maximum Gasteiger partial charge on any atom is 0.253 e. The Balaban J connectivity index is 1.68. The minimum absolute atomic E-state index is 0.0705. The van der Waals surface area contributed by atoms with E-state index in [1.54, 1.807) is 23.4 Å². The molecule has 2 amide bonds. The van der Waals surface area contributed by atoms with Gasteiger partial charge in [0.1, 0.15) is 6.33 Å². The third-order valence-corrected chi connectivity index (χ3v) is 3.74. The van der Waals surface area contributed by atoms with Gasteiger partial charge in [-0.1, -0.05) is 6.92 Å². The predicted molar refractivity (Wildman–Crippen MR) is 80.6 cm³/mol. The molecular formula is C14H17N7O2. The Hall–Kier alpha value is -2.84. The van der Waals surface area contributed by atoms with Crippen LogP contribution in [0.25, 0.3) is 5.95 Å². The van der Waals surface area contributed by atoms with E-state index < -0.39 is 0 Å². The molecule has 1 aliphatic rings. The van der Waals surface area contributed by atoms with E-state index in [1.807, 2.05) is 6.92 Å². The highest BCUT2D eigenvalue weighted by molar-refractivity contribution is 5.92. The normalized spacial score (nSPS) is 17.3. The van der Waals surface area contributed by atoms with E-state index in [9.17, 15) is 9.59 Å². The van der Waals surface area contributed by atoms with Crippen LogP contribution in [0.15, 0.2) is 24.8 Å². The van der Waals surface area contributed by atoms with Gasteiger partial charge in [-0.25, -0.2) is 9.97 Å². The number of nitrogens with zero attached hydrogens (tertiary/aromatic N) is 6. The van der Waals surface area contributed by atoms with Crippen molar-refractivity contribution in [1.82, 2.24) is 29.6 Å². The molecule has 23 heavy (non-hydrogen) atoms. The molecule has 1 unspecified atom stereocenters. The average molecular weight is 315 g/mol. The zero-order valence-corrected chi connectivity index (χ0v) is 12.7. The molecule has 0 aromatic carbocycles. The summed E-state index contributed by atoms with van der Waals surface area (Å²) in [5, 5.41) is 6.76. The quantitative estimate of drug-likeness (QED) is 0.867. The number of anilines is 1. The summed E-state index contributed by atoms with van der Waals surface area (Å²) >= 11 is 0. The zero-order chi connectivity index (χ0) is 16.2. The molecule has 0 spiro atoms. The van der Waals surface area contributed by atoms with Gasteiger partial charge in [0.2, 0.25) is 17.8 Å². The van der Waals surface area contributed by atoms with Crippen LogP contribution in [0, 0.1) is 5.92 Å². The van der Waals surface area contributed by atoms with Gasteiger partial charge in [0, 0.05) is 31.9 Å². The first-order valence-corrected chi connectivity index (χ1v) is 7.45. The number of hydrogen-bond acceptors (Lipinski definition) is 6. The fourth-order valence-corrected chi connectivity index (χ4v) is 2.51. The van der Waals surface area contributed by atoms with Crippen molar-refractivity contribution in [2.24, 2.45) is 5.92 Å². The average Bonchev–Trinajstić information content (AvgIpc) is 3.24. The molecule has 0 aliphatic carbocycles. The number of aromatic nitrogens is 5. The third-order valence-electron chi connectivity index (χ3n) is 3.74. The lowest BCUT2D eigenvalue weighted by Gasteiger charge is -2.15. The standard InChI is InChI=1S/C14H17N7O2/c1-2-11(22)20-7-4-10(8-20)12(23)19-14-17-9-18-21(14)13-15-5-3-6-16-13/h3,5-6,9-10H,2,4,7-8H2,1H3,(H,17,18,19,23). The van der Waals surface area contributed by atoms with Crippen LogP contribution in [0.5, 0.6) is 0 Å². The van der Waals surface area contributed by atoms with Crippen molar-refractivity contribution in [1.29, 1.82) is 0 Å². The molecule has 1 aliphatic heterocycles. The van der Waals surface area contributed by atoms with Gasteiger partial charge in [0.25, 0.3) is 5.95 Å². The second-order valence-corrected chi connectivity index (χ2v) is 5.21. The Morgan fingerprint density at radius 2 is 2.09 bits per heavy atom. The van der Waals surface area contributed by atoms with E-state index in [2.05, 4.69) is 25.4 Å². The Morgan fingerprint density at radius 1 is 1.30 bits per heavy atom. The van der Waals surface area contributed by atoms with Crippen LogP contribution >= 0.6 is 0 Å². The largest absolute Gasteiger partial charge is 0.342 e.